The van der Waals surface area contributed by atoms with Gasteiger partial charge < -0.3 is 16.4 Å². The maximum Gasteiger partial charge on any atom is 0.267 e. The van der Waals surface area contributed by atoms with Crippen LogP contribution >= 0.6 is 0 Å². The predicted molar refractivity (Wildman–Crippen MR) is 114 cm³/mol. The molecule has 0 unspecified atom stereocenters. The van der Waals surface area contributed by atoms with Gasteiger partial charge in [0.25, 0.3) is 5.91 Å². The Morgan fingerprint density at radius 3 is 2.77 bits per heavy atom. The van der Waals surface area contributed by atoms with Crippen molar-refractivity contribution in [3.8, 4) is 11.4 Å². The summed E-state index contributed by atoms with van der Waals surface area (Å²) in [5.74, 6) is 0.870. The van der Waals surface area contributed by atoms with Gasteiger partial charge in [0.1, 0.15) is 11.5 Å². The summed E-state index contributed by atoms with van der Waals surface area (Å²) >= 11 is 0. The first kappa shape index (κ1) is 18.3. The molecule has 0 fully saturated rings. The molecule has 1 aliphatic heterocycles. The number of aryl methyl sites for hydroxylation is 1. The number of amides is 1. The number of aromatic nitrogens is 4. The fraction of sp³-hybridized carbons (Fsp3) is 0.182. The number of nitrogens with zero attached hydrogens (tertiary/aromatic N) is 4. The van der Waals surface area contributed by atoms with E-state index in [-0.39, 0.29) is 0 Å². The molecule has 0 radical (unpaired) electrons. The minimum Gasteiger partial charge on any atom is -0.366 e. The van der Waals surface area contributed by atoms with Crippen molar-refractivity contribution in [2.24, 2.45) is 5.73 Å². The summed E-state index contributed by atoms with van der Waals surface area (Å²) in [5.41, 5.74) is 11.4. The van der Waals surface area contributed by atoms with E-state index >= 15 is 0 Å². The van der Waals surface area contributed by atoms with Gasteiger partial charge in [-0.25, -0.2) is 14.5 Å². The molecule has 0 spiro atoms. The number of primary amides is 1. The molecule has 8 nitrogen and oxygen atoms in total. The van der Waals surface area contributed by atoms with E-state index in [2.05, 4.69) is 27.9 Å². The van der Waals surface area contributed by atoms with Crippen LogP contribution in [0.2, 0.25) is 0 Å². The smallest absolute Gasteiger partial charge is 0.267 e. The van der Waals surface area contributed by atoms with E-state index in [0.29, 0.717) is 24.6 Å². The lowest BCUT2D eigenvalue weighted by atomic mass is 10.1. The van der Waals surface area contributed by atoms with E-state index in [1.165, 1.54) is 5.56 Å². The molecule has 0 saturated carbocycles. The number of hydrogen-bond acceptors (Lipinski definition) is 6. The highest BCUT2D eigenvalue weighted by Gasteiger charge is 2.23. The molecule has 1 aromatic carbocycles. The first-order valence-electron chi connectivity index (χ1n) is 9.78. The van der Waals surface area contributed by atoms with E-state index < -0.39 is 5.91 Å². The third-order valence-electron chi connectivity index (χ3n) is 5.30. The van der Waals surface area contributed by atoms with Crippen molar-refractivity contribution in [1.82, 2.24) is 24.9 Å². The standard InChI is InChI=1S/C22H21N7O/c1-13-19(17-8-5-9-18(20(23)30)29(17)28-13)22-26-16-12-24-11-15(16)21(27-22)25-10-14-6-3-2-4-7-14/h2-9,24H,10-12H2,1H3,(H2,23,30)(H,25,26,27). The average Bonchev–Trinajstić information content (AvgIpc) is 3.35. The molecule has 30 heavy (non-hydrogen) atoms. The van der Waals surface area contributed by atoms with Gasteiger partial charge in [0, 0.05) is 25.2 Å². The first-order valence-corrected chi connectivity index (χ1v) is 9.78. The zero-order valence-corrected chi connectivity index (χ0v) is 16.5. The van der Waals surface area contributed by atoms with Crippen LogP contribution in [0.5, 0.6) is 0 Å². The topological polar surface area (TPSA) is 110 Å². The van der Waals surface area contributed by atoms with E-state index in [1.807, 2.05) is 31.2 Å². The molecule has 3 aromatic heterocycles. The van der Waals surface area contributed by atoms with Crippen LogP contribution in [-0.2, 0) is 19.6 Å². The second kappa shape index (κ2) is 7.23. The Bertz CT molecular complexity index is 1260. The van der Waals surface area contributed by atoms with Crippen molar-refractivity contribution < 1.29 is 4.79 Å². The molecule has 5 rings (SSSR count). The van der Waals surface area contributed by atoms with Crippen molar-refractivity contribution in [2.75, 3.05) is 5.32 Å². The summed E-state index contributed by atoms with van der Waals surface area (Å²) in [6, 6.07) is 15.5. The zero-order valence-electron chi connectivity index (χ0n) is 16.5. The summed E-state index contributed by atoms with van der Waals surface area (Å²) < 4.78 is 1.57. The molecule has 1 aliphatic rings. The maximum atomic E-state index is 11.8. The van der Waals surface area contributed by atoms with Gasteiger partial charge in [0.2, 0.25) is 0 Å². The molecule has 150 valence electrons. The molecule has 4 aromatic rings. The van der Waals surface area contributed by atoms with Crippen molar-refractivity contribution in [3.63, 3.8) is 0 Å². The van der Waals surface area contributed by atoms with Gasteiger partial charge in [-0.2, -0.15) is 5.10 Å². The lowest BCUT2D eigenvalue weighted by Crippen LogP contribution is -2.15. The van der Waals surface area contributed by atoms with Gasteiger partial charge in [0.15, 0.2) is 5.82 Å². The van der Waals surface area contributed by atoms with Crippen LogP contribution < -0.4 is 16.4 Å². The molecule has 1 amide bonds. The van der Waals surface area contributed by atoms with Gasteiger partial charge in [0.05, 0.1) is 22.5 Å². The minimum absolute atomic E-state index is 0.326. The van der Waals surface area contributed by atoms with Crippen molar-refractivity contribution >= 4 is 17.2 Å². The maximum absolute atomic E-state index is 11.8. The number of benzene rings is 1. The number of pyridine rings is 1. The summed E-state index contributed by atoms with van der Waals surface area (Å²) in [6.45, 7) is 3.98. The molecule has 0 saturated heterocycles. The van der Waals surface area contributed by atoms with Crippen LogP contribution in [0.15, 0.2) is 48.5 Å². The van der Waals surface area contributed by atoms with Gasteiger partial charge in [-0.15, -0.1) is 0 Å². The Balaban J connectivity index is 1.61. The summed E-state index contributed by atoms with van der Waals surface area (Å²) in [5, 5.41) is 11.3. The van der Waals surface area contributed by atoms with Gasteiger partial charge in [-0.1, -0.05) is 36.4 Å². The highest BCUT2D eigenvalue weighted by Crippen LogP contribution is 2.30. The third-order valence-corrected chi connectivity index (χ3v) is 5.30. The van der Waals surface area contributed by atoms with Crippen LogP contribution in [-0.4, -0.2) is 25.5 Å². The molecule has 4 N–H and O–H groups in total. The molecule has 0 bridgehead atoms. The van der Waals surface area contributed by atoms with Crippen LogP contribution in [0.1, 0.15) is 33.0 Å². The first-order chi connectivity index (χ1) is 14.6. The van der Waals surface area contributed by atoms with Crippen LogP contribution in [0.4, 0.5) is 5.82 Å². The minimum atomic E-state index is -0.529. The fourth-order valence-corrected chi connectivity index (χ4v) is 3.85. The summed E-state index contributed by atoms with van der Waals surface area (Å²) in [4.78, 5) is 21.5. The van der Waals surface area contributed by atoms with E-state index in [1.54, 1.807) is 16.6 Å². The second-order valence-electron chi connectivity index (χ2n) is 7.30. The molecule has 4 heterocycles. The normalized spacial score (nSPS) is 12.8. The second-order valence-corrected chi connectivity index (χ2v) is 7.30. The van der Waals surface area contributed by atoms with Crippen LogP contribution in [0.3, 0.4) is 0 Å². The lowest BCUT2D eigenvalue weighted by molar-refractivity contribution is 0.0993. The number of carbonyl (C=O) groups excluding carboxylic acids is 1. The van der Waals surface area contributed by atoms with Gasteiger partial charge in [-0.3, -0.25) is 4.79 Å². The number of nitrogens with two attached hydrogens (primary N) is 1. The Kier molecular flexibility index (Phi) is 4.40. The Morgan fingerprint density at radius 1 is 1.13 bits per heavy atom. The van der Waals surface area contributed by atoms with Crippen LogP contribution in [0.25, 0.3) is 16.9 Å². The third kappa shape index (κ3) is 3.07. The largest absolute Gasteiger partial charge is 0.366 e. The van der Waals surface area contributed by atoms with E-state index in [9.17, 15) is 4.79 Å². The number of fused-ring (bicyclic) bond motifs is 2. The van der Waals surface area contributed by atoms with Gasteiger partial charge in [-0.05, 0) is 24.6 Å². The van der Waals surface area contributed by atoms with Gasteiger partial charge >= 0.3 is 0 Å². The monoisotopic (exact) mass is 399 g/mol. The quantitative estimate of drug-likeness (QED) is 0.475. The number of carbonyl (C=O) groups is 1. The van der Waals surface area contributed by atoms with Crippen LogP contribution in [0, 0.1) is 6.92 Å². The summed E-state index contributed by atoms with van der Waals surface area (Å²) in [7, 11) is 0. The molecule has 0 aliphatic carbocycles. The molecular weight excluding hydrogens is 378 g/mol. The highest BCUT2D eigenvalue weighted by atomic mass is 16.1. The zero-order chi connectivity index (χ0) is 20.7. The number of nitrogens with one attached hydrogen (secondary N) is 2. The van der Waals surface area contributed by atoms with E-state index in [4.69, 9.17) is 15.7 Å². The number of hydrogen-bond donors (Lipinski definition) is 3. The molecule has 0 atom stereocenters. The van der Waals surface area contributed by atoms with E-state index in [0.717, 1.165) is 40.4 Å². The fourth-order valence-electron chi connectivity index (χ4n) is 3.85. The predicted octanol–water partition coefficient (Wildman–Crippen LogP) is 2.41. The average molecular weight is 399 g/mol. The molecule has 8 heteroatoms. The van der Waals surface area contributed by atoms with Crippen molar-refractivity contribution in [1.29, 1.82) is 0 Å². The Hall–Kier alpha value is -3.78. The molecular formula is C22H21N7O. The van der Waals surface area contributed by atoms with Crippen molar-refractivity contribution in [3.05, 3.63) is 76.7 Å². The Morgan fingerprint density at radius 2 is 1.97 bits per heavy atom. The number of rotatable bonds is 5. The number of anilines is 1. The van der Waals surface area contributed by atoms with Crippen molar-refractivity contribution in [2.45, 2.75) is 26.6 Å². The summed E-state index contributed by atoms with van der Waals surface area (Å²) in [6.07, 6.45) is 0. The SMILES string of the molecule is Cc1nn2c(C(N)=O)cccc2c1-c1nc2c(c(NCc3ccccc3)n1)CNC2. The lowest BCUT2D eigenvalue weighted by Gasteiger charge is -2.12. The Labute approximate surface area is 173 Å². The highest BCUT2D eigenvalue weighted by molar-refractivity contribution is 5.93.